The second-order valence-electron chi connectivity index (χ2n) is 3.10. The zero-order chi connectivity index (χ0) is 11.5. The summed E-state index contributed by atoms with van der Waals surface area (Å²) in [6.45, 7) is 0.741. The molecule has 0 aliphatic carbocycles. The molecule has 0 aromatic carbocycles. The molecule has 2 aromatic rings. The average Bonchev–Trinajstić information content (AvgIpc) is 2.67. The number of amides is 1. The molecular weight excluding hydrogens is 246 g/mol. The van der Waals surface area contributed by atoms with Crippen molar-refractivity contribution in [3.63, 3.8) is 0 Å². The van der Waals surface area contributed by atoms with Crippen molar-refractivity contribution in [1.29, 1.82) is 0 Å². The van der Waals surface area contributed by atoms with E-state index in [1.54, 1.807) is 0 Å². The highest BCUT2D eigenvalue weighted by Crippen LogP contribution is 2.05. The highest BCUT2D eigenvalue weighted by molar-refractivity contribution is 5.91. The van der Waals surface area contributed by atoms with Gasteiger partial charge in [-0.1, -0.05) is 0 Å². The summed E-state index contributed by atoms with van der Waals surface area (Å²) >= 11 is 0. The number of hydrogen-bond donors (Lipinski definition) is 3. The Hall–Kier alpha value is -1.93. The standard InChI is InChI=1S/C8H11N7O.ClH/c9-1-2-11-8(16)6-12-3-5-7(14-6)15(10)4-13-5;/h3-4H,1-2,9-10H2,(H,11,16);1H. The summed E-state index contributed by atoms with van der Waals surface area (Å²) in [5, 5.41) is 2.57. The van der Waals surface area contributed by atoms with Crippen LogP contribution in [0.1, 0.15) is 10.6 Å². The van der Waals surface area contributed by atoms with E-state index in [0.29, 0.717) is 24.3 Å². The zero-order valence-electron chi connectivity index (χ0n) is 8.83. The fourth-order valence-corrected chi connectivity index (χ4v) is 1.20. The zero-order valence-corrected chi connectivity index (χ0v) is 9.65. The van der Waals surface area contributed by atoms with Crippen LogP contribution in [0.3, 0.4) is 0 Å². The maximum atomic E-state index is 11.5. The van der Waals surface area contributed by atoms with E-state index in [-0.39, 0.29) is 24.1 Å². The van der Waals surface area contributed by atoms with E-state index in [2.05, 4.69) is 20.3 Å². The summed E-state index contributed by atoms with van der Waals surface area (Å²) in [7, 11) is 0. The van der Waals surface area contributed by atoms with Crippen molar-refractivity contribution in [1.82, 2.24) is 24.9 Å². The summed E-state index contributed by atoms with van der Waals surface area (Å²) in [5.74, 6) is 5.23. The molecule has 2 heterocycles. The number of rotatable bonds is 3. The van der Waals surface area contributed by atoms with Gasteiger partial charge < -0.3 is 16.9 Å². The molecule has 0 saturated carbocycles. The van der Waals surface area contributed by atoms with Gasteiger partial charge in [-0.25, -0.2) is 19.6 Å². The second kappa shape index (κ2) is 5.41. The van der Waals surface area contributed by atoms with Crippen LogP contribution in [0.15, 0.2) is 12.5 Å². The molecule has 9 heteroatoms. The Morgan fingerprint density at radius 2 is 2.24 bits per heavy atom. The molecule has 0 spiro atoms. The van der Waals surface area contributed by atoms with Gasteiger partial charge in [-0.2, -0.15) is 0 Å². The van der Waals surface area contributed by atoms with Crippen molar-refractivity contribution in [2.45, 2.75) is 0 Å². The third kappa shape index (κ3) is 2.60. The Kier molecular flexibility index (Phi) is 4.18. The number of halogens is 1. The Bertz CT molecular complexity index is 526. The number of aromatic nitrogens is 4. The second-order valence-corrected chi connectivity index (χ2v) is 3.10. The summed E-state index contributed by atoms with van der Waals surface area (Å²) < 4.78 is 1.23. The Morgan fingerprint density at radius 3 is 2.94 bits per heavy atom. The number of nitrogen functional groups attached to an aromatic ring is 1. The predicted octanol–water partition coefficient (Wildman–Crippen LogP) is -1.35. The minimum absolute atomic E-state index is 0. The van der Waals surface area contributed by atoms with Gasteiger partial charge in [-0.3, -0.25) is 4.79 Å². The van der Waals surface area contributed by atoms with Crippen LogP contribution in [0.2, 0.25) is 0 Å². The predicted molar refractivity (Wildman–Crippen MR) is 64.1 cm³/mol. The first-order chi connectivity index (χ1) is 7.72. The molecular formula is C8H12ClN7O. The number of hydrogen-bond acceptors (Lipinski definition) is 6. The third-order valence-corrected chi connectivity index (χ3v) is 1.95. The number of carbonyl (C=O) groups is 1. The van der Waals surface area contributed by atoms with Gasteiger partial charge in [0, 0.05) is 13.1 Å². The molecule has 5 N–H and O–H groups in total. The van der Waals surface area contributed by atoms with Crippen LogP contribution >= 0.6 is 12.4 Å². The van der Waals surface area contributed by atoms with Gasteiger partial charge in [0.05, 0.1) is 6.20 Å². The molecule has 0 aliphatic heterocycles. The van der Waals surface area contributed by atoms with E-state index in [4.69, 9.17) is 11.6 Å². The van der Waals surface area contributed by atoms with Crippen molar-refractivity contribution in [2.24, 2.45) is 5.73 Å². The van der Waals surface area contributed by atoms with Crippen molar-refractivity contribution in [3.05, 3.63) is 18.3 Å². The van der Waals surface area contributed by atoms with Gasteiger partial charge >= 0.3 is 0 Å². The van der Waals surface area contributed by atoms with Gasteiger partial charge in [-0.15, -0.1) is 12.4 Å². The monoisotopic (exact) mass is 257 g/mol. The highest BCUT2D eigenvalue weighted by Gasteiger charge is 2.11. The van der Waals surface area contributed by atoms with Gasteiger partial charge in [0.2, 0.25) is 5.82 Å². The van der Waals surface area contributed by atoms with E-state index in [9.17, 15) is 4.79 Å². The topological polar surface area (TPSA) is 125 Å². The molecule has 8 nitrogen and oxygen atoms in total. The third-order valence-electron chi connectivity index (χ3n) is 1.95. The summed E-state index contributed by atoms with van der Waals surface area (Å²) in [5.41, 5.74) is 6.21. The molecule has 0 atom stereocenters. The lowest BCUT2D eigenvalue weighted by Gasteiger charge is -2.01. The van der Waals surface area contributed by atoms with Crippen LogP contribution in [0, 0.1) is 0 Å². The first-order valence-electron chi connectivity index (χ1n) is 4.66. The van der Waals surface area contributed by atoms with Crippen LogP contribution in [-0.2, 0) is 0 Å². The van der Waals surface area contributed by atoms with E-state index in [0.717, 1.165) is 0 Å². The molecule has 0 fully saturated rings. The Labute approximate surface area is 103 Å². The van der Waals surface area contributed by atoms with Gasteiger partial charge in [0.25, 0.3) is 5.91 Å². The van der Waals surface area contributed by atoms with E-state index < -0.39 is 0 Å². The van der Waals surface area contributed by atoms with Crippen molar-refractivity contribution in [3.8, 4) is 0 Å². The molecule has 0 aliphatic rings. The fourth-order valence-electron chi connectivity index (χ4n) is 1.20. The highest BCUT2D eigenvalue weighted by atomic mass is 35.5. The minimum Gasteiger partial charge on any atom is -0.348 e. The first-order valence-corrected chi connectivity index (χ1v) is 4.66. The first kappa shape index (κ1) is 13.1. The van der Waals surface area contributed by atoms with Crippen molar-refractivity contribution < 1.29 is 4.79 Å². The number of nitrogens with one attached hydrogen (secondary N) is 1. The van der Waals surface area contributed by atoms with Crippen LogP contribution in [0.25, 0.3) is 11.2 Å². The Balaban J connectivity index is 0.00000144. The van der Waals surface area contributed by atoms with Gasteiger partial charge in [-0.05, 0) is 0 Å². The van der Waals surface area contributed by atoms with Gasteiger partial charge in [0.1, 0.15) is 11.8 Å². The quantitative estimate of drug-likeness (QED) is 0.584. The van der Waals surface area contributed by atoms with E-state index in [1.807, 2.05) is 0 Å². The molecule has 2 rings (SSSR count). The molecule has 92 valence electrons. The molecule has 17 heavy (non-hydrogen) atoms. The van der Waals surface area contributed by atoms with Crippen LogP contribution in [0.4, 0.5) is 0 Å². The van der Waals surface area contributed by atoms with Crippen LogP contribution < -0.4 is 16.9 Å². The number of nitrogens with zero attached hydrogens (tertiary/aromatic N) is 4. The van der Waals surface area contributed by atoms with Crippen molar-refractivity contribution >= 4 is 29.5 Å². The lowest BCUT2D eigenvalue weighted by atomic mass is 10.4. The number of imidazole rings is 1. The summed E-state index contributed by atoms with van der Waals surface area (Å²) in [4.78, 5) is 23.3. The SMILES string of the molecule is Cl.NCCNC(=O)c1ncc2ncn(N)c2n1. The lowest BCUT2D eigenvalue weighted by molar-refractivity contribution is 0.0944. The van der Waals surface area contributed by atoms with Crippen LogP contribution in [0.5, 0.6) is 0 Å². The summed E-state index contributed by atoms with van der Waals surface area (Å²) in [6.07, 6.45) is 2.85. The Morgan fingerprint density at radius 1 is 1.47 bits per heavy atom. The average molecular weight is 258 g/mol. The fraction of sp³-hybridized carbons (Fsp3) is 0.250. The molecule has 1 amide bonds. The largest absolute Gasteiger partial charge is 0.348 e. The van der Waals surface area contributed by atoms with Crippen molar-refractivity contribution in [2.75, 3.05) is 18.9 Å². The smallest absolute Gasteiger partial charge is 0.289 e. The summed E-state index contributed by atoms with van der Waals surface area (Å²) in [6, 6.07) is 0. The van der Waals surface area contributed by atoms with Crippen LogP contribution in [-0.4, -0.2) is 38.6 Å². The van der Waals surface area contributed by atoms with E-state index in [1.165, 1.54) is 17.2 Å². The maximum Gasteiger partial charge on any atom is 0.289 e. The molecule has 0 saturated heterocycles. The number of fused-ring (bicyclic) bond motifs is 1. The normalized spacial score (nSPS) is 9.94. The number of carbonyl (C=O) groups excluding carboxylic acids is 1. The molecule has 2 aromatic heterocycles. The van der Waals surface area contributed by atoms with E-state index >= 15 is 0 Å². The number of nitrogens with two attached hydrogens (primary N) is 2. The minimum atomic E-state index is -0.381. The molecule has 0 radical (unpaired) electrons. The van der Waals surface area contributed by atoms with Gasteiger partial charge in [0.15, 0.2) is 5.65 Å². The molecule has 0 bridgehead atoms. The lowest BCUT2D eigenvalue weighted by Crippen LogP contribution is -2.30. The maximum absolute atomic E-state index is 11.5. The molecule has 0 unspecified atom stereocenters.